The molecule has 0 spiro atoms. The predicted molar refractivity (Wildman–Crippen MR) is 106 cm³/mol. The summed E-state index contributed by atoms with van der Waals surface area (Å²) in [7, 11) is 0. The third kappa shape index (κ3) is 6.63. The third-order valence-corrected chi connectivity index (χ3v) is 4.60. The highest BCUT2D eigenvalue weighted by Gasteiger charge is 2.07. The Kier molecular flexibility index (Phi) is 7.07. The van der Waals surface area contributed by atoms with E-state index in [0.717, 1.165) is 16.9 Å². The number of benzene rings is 2. The van der Waals surface area contributed by atoms with Gasteiger partial charge in [-0.05, 0) is 42.7 Å². The Morgan fingerprint density at radius 1 is 0.840 bits per heavy atom. The number of rotatable bonds is 7. The molecule has 4 nitrogen and oxygen atoms in total. The van der Waals surface area contributed by atoms with Gasteiger partial charge >= 0.3 is 0 Å². The highest BCUT2D eigenvalue weighted by Crippen LogP contribution is 2.17. The standard InChI is InChI=1S/C20H24N2O2S/c1-14(2)16-6-10-18(11-7-16)22-20(24)13-25-12-19(23)21-17-8-4-15(3)5-9-17/h4-11,14H,12-13H2,1-3H3,(H,21,23)(H,22,24). The van der Waals surface area contributed by atoms with Crippen LogP contribution < -0.4 is 10.6 Å². The molecule has 0 saturated heterocycles. The molecule has 0 heterocycles. The van der Waals surface area contributed by atoms with E-state index >= 15 is 0 Å². The van der Waals surface area contributed by atoms with Gasteiger partial charge in [0.15, 0.2) is 0 Å². The fourth-order valence-electron chi connectivity index (χ4n) is 2.22. The molecule has 2 rings (SSSR count). The van der Waals surface area contributed by atoms with Gasteiger partial charge in [0.1, 0.15) is 0 Å². The SMILES string of the molecule is Cc1ccc(NC(=O)CSCC(=O)Nc2ccc(C(C)C)cc2)cc1. The molecule has 0 unspecified atom stereocenters. The Morgan fingerprint density at radius 3 is 1.72 bits per heavy atom. The summed E-state index contributed by atoms with van der Waals surface area (Å²) < 4.78 is 0. The molecule has 2 aromatic carbocycles. The predicted octanol–water partition coefficient (Wildman–Crippen LogP) is 4.43. The lowest BCUT2D eigenvalue weighted by Crippen LogP contribution is -2.18. The average Bonchev–Trinajstić information content (AvgIpc) is 2.57. The summed E-state index contributed by atoms with van der Waals surface area (Å²) in [5, 5.41) is 5.66. The van der Waals surface area contributed by atoms with E-state index < -0.39 is 0 Å². The first-order chi connectivity index (χ1) is 11.9. The normalized spacial score (nSPS) is 10.6. The Balaban J connectivity index is 1.70. The number of hydrogen-bond donors (Lipinski definition) is 2. The van der Waals surface area contributed by atoms with Crippen molar-refractivity contribution in [3.8, 4) is 0 Å². The topological polar surface area (TPSA) is 58.2 Å². The Labute approximate surface area is 153 Å². The zero-order chi connectivity index (χ0) is 18.2. The molecule has 2 aromatic rings. The van der Waals surface area contributed by atoms with Gasteiger partial charge in [0.25, 0.3) is 0 Å². The molecule has 0 atom stereocenters. The minimum Gasteiger partial charge on any atom is -0.325 e. The van der Waals surface area contributed by atoms with Gasteiger partial charge in [-0.15, -0.1) is 11.8 Å². The number of hydrogen-bond acceptors (Lipinski definition) is 3. The van der Waals surface area contributed by atoms with E-state index in [-0.39, 0.29) is 23.3 Å². The number of carbonyl (C=O) groups is 2. The van der Waals surface area contributed by atoms with Crippen LogP contribution in [0.1, 0.15) is 30.9 Å². The van der Waals surface area contributed by atoms with Crippen molar-refractivity contribution in [1.29, 1.82) is 0 Å². The summed E-state index contributed by atoms with van der Waals surface area (Å²) in [5.41, 5.74) is 3.93. The highest BCUT2D eigenvalue weighted by atomic mass is 32.2. The number of nitrogens with one attached hydrogen (secondary N) is 2. The first-order valence-electron chi connectivity index (χ1n) is 8.28. The molecular weight excluding hydrogens is 332 g/mol. The molecule has 0 aliphatic rings. The largest absolute Gasteiger partial charge is 0.325 e. The zero-order valence-electron chi connectivity index (χ0n) is 14.8. The lowest BCUT2D eigenvalue weighted by atomic mass is 10.0. The van der Waals surface area contributed by atoms with E-state index in [9.17, 15) is 9.59 Å². The third-order valence-electron chi connectivity index (χ3n) is 3.66. The molecule has 0 fully saturated rings. The second-order valence-electron chi connectivity index (χ2n) is 6.23. The summed E-state index contributed by atoms with van der Waals surface area (Å²) in [6.45, 7) is 6.26. The molecule has 0 bridgehead atoms. The quantitative estimate of drug-likeness (QED) is 0.772. The van der Waals surface area contributed by atoms with Crippen molar-refractivity contribution in [2.45, 2.75) is 26.7 Å². The summed E-state index contributed by atoms with van der Waals surface area (Å²) in [5.74, 6) is 0.738. The van der Waals surface area contributed by atoms with Crippen molar-refractivity contribution in [2.24, 2.45) is 0 Å². The van der Waals surface area contributed by atoms with E-state index in [2.05, 4.69) is 24.5 Å². The average molecular weight is 356 g/mol. The number of carbonyl (C=O) groups excluding carboxylic acids is 2. The van der Waals surface area contributed by atoms with Gasteiger partial charge in [-0.2, -0.15) is 0 Å². The van der Waals surface area contributed by atoms with Crippen molar-refractivity contribution in [3.63, 3.8) is 0 Å². The fourth-order valence-corrected chi connectivity index (χ4v) is 2.84. The van der Waals surface area contributed by atoms with Crippen molar-refractivity contribution >= 4 is 35.0 Å². The first kappa shape index (κ1) is 19.1. The Bertz CT molecular complexity index is 709. The maximum Gasteiger partial charge on any atom is 0.234 e. The number of anilines is 2. The van der Waals surface area contributed by atoms with Crippen LogP contribution in [0.5, 0.6) is 0 Å². The van der Waals surface area contributed by atoms with Gasteiger partial charge in [0.2, 0.25) is 11.8 Å². The lowest BCUT2D eigenvalue weighted by molar-refractivity contribution is -0.114. The molecule has 2 N–H and O–H groups in total. The smallest absolute Gasteiger partial charge is 0.234 e. The van der Waals surface area contributed by atoms with Crippen molar-refractivity contribution in [3.05, 3.63) is 59.7 Å². The van der Waals surface area contributed by atoms with Crippen LogP contribution in [0.2, 0.25) is 0 Å². The minimum atomic E-state index is -0.108. The molecule has 132 valence electrons. The van der Waals surface area contributed by atoms with Gasteiger partial charge in [-0.3, -0.25) is 9.59 Å². The number of thioether (sulfide) groups is 1. The molecule has 25 heavy (non-hydrogen) atoms. The summed E-state index contributed by atoms with van der Waals surface area (Å²) in [6.07, 6.45) is 0. The van der Waals surface area contributed by atoms with Crippen LogP contribution in [0.25, 0.3) is 0 Å². The number of aryl methyl sites for hydroxylation is 1. The van der Waals surface area contributed by atoms with E-state index in [1.165, 1.54) is 17.3 Å². The van der Waals surface area contributed by atoms with Crippen LogP contribution in [-0.2, 0) is 9.59 Å². The van der Waals surface area contributed by atoms with Crippen LogP contribution in [0, 0.1) is 6.92 Å². The van der Waals surface area contributed by atoms with Gasteiger partial charge in [-0.1, -0.05) is 43.7 Å². The molecular formula is C20H24N2O2S. The first-order valence-corrected chi connectivity index (χ1v) is 9.43. The van der Waals surface area contributed by atoms with Crippen LogP contribution in [0.4, 0.5) is 11.4 Å². The van der Waals surface area contributed by atoms with E-state index in [0.29, 0.717) is 5.92 Å². The molecule has 2 amide bonds. The zero-order valence-corrected chi connectivity index (χ0v) is 15.7. The molecule has 0 aromatic heterocycles. The molecule has 0 aliphatic carbocycles. The second-order valence-corrected chi connectivity index (χ2v) is 7.22. The van der Waals surface area contributed by atoms with Crippen LogP contribution >= 0.6 is 11.8 Å². The monoisotopic (exact) mass is 356 g/mol. The molecule has 0 saturated carbocycles. The van der Waals surface area contributed by atoms with Crippen LogP contribution in [-0.4, -0.2) is 23.3 Å². The molecule has 5 heteroatoms. The van der Waals surface area contributed by atoms with Crippen molar-refractivity contribution < 1.29 is 9.59 Å². The van der Waals surface area contributed by atoms with E-state index in [1.54, 1.807) is 0 Å². The van der Waals surface area contributed by atoms with E-state index in [1.807, 2.05) is 55.5 Å². The summed E-state index contributed by atoms with van der Waals surface area (Å²) >= 11 is 1.30. The maximum absolute atomic E-state index is 11.9. The fraction of sp³-hybridized carbons (Fsp3) is 0.300. The van der Waals surface area contributed by atoms with Crippen molar-refractivity contribution in [1.82, 2.24) is 0 Å². The number of amides is 2. The van der Waals surface area contributed by atoms with Gasteiger partial charge in [0, 0.05) is 11.4 Å². The highest BCUT2D eigenvalue weighted by molar-refractivity contribution is 8.00. The lowest BCUT2D eigenvalue weighted by Gasteiger charge is -2.08. The van der Waals surface area contributed by atoms with Crippen molar-refractivity contribution in [2.75, 3.05) is 22.1 Å². The van der Waals surface area contributed by atoms with Gasteiger partial charge in [-0.25, -0.2) is 0 Å². The van der Waals surface area contributed by atoms with Crippen LogP contribution in [0.3, 0.4) is 0 Å². The summed E-state index contributed by atoms with van der Waals surface area (Å²) in [4.78, 5) is 23.8. The second kappa shape index (κ2) is 9.28. The molecule has 0 aliphatic heterocycles. The minimum absolute atomic E-state index is 0.106. The Morgan fingerprint density at radius 2 is 1.28 bits per heavy atom. The summed E-state index contributed by atoms with van der Waals surface area (Å²) in [6, 6.07) is 15.5. The van der Waals surface area contributed by atoms with Gasteiger partial charge < -0.3 is 10.6 Å². The van der Waals surface area contributed by atoms with Crippen LogP contribution in [0.15, 0.2) is 48.5 Å². The molecule has 0 radical (unpaired) electrons. The Hall–Kier alpha value is -2.27. The van der Waals surface area contributed by atoms with E-state index in [4.69, 9.17) is 0 Å². The maximum atomic E-state index is 11.9. The van der Waals surface area contributed by atoms with Gasteiger partial charge in [0.05, 0.1) is 11.5 Å².